The van der Waals surface area contributed by atoms with Crippen LogP contribution in [0.4, 0.5) is 10.1 Å². The van der Waals surface area contributed by atoms with E-state index in [1.807, 2.05) is 25.1 Å². The first-order valence-corrected chi connectivity index (χ1v) is 6.96. The molecule has 1 amide bonds. The Hall–Kier alpha value is -2.20. The fraction of sp³-hybridized carbons (Fsp3) is 0.235. The van der Waals surface area contributed by atoms with Gasteiger partial charge < -0.3 is 10.6 Å². The molecule has 2 aromatic rings. The molecule has 0 fully saturated rings. The van der Waals surface area contributed by atoms with E-state index in [0.717, 1.165) is 0 Å². The van der Waals surface area contributed by atoms with Gasteiger partial charge in [0.2, 0.25) is 5.91 Å². The summed E-state index contributed by atoms with van der Waals surface area (Å²) in [7, 11) is 0. The van der Waals surface area contributed by atoms with Gasteiger partial charge in [-0.2, -0.15) is 0 Å². The molecule has 0 aliphatic carbocycles. The number of halogens is 1. The molecule has 0 heterocycles. The van der Waals surface area contributed by atoms with Crippen LogP contribution < -0.4 is 10.6 Å². The van der Waals surface area contributed by atoms with E-state index in [9.17, 15) is 9.18 Å². The molecule has 0 unspecified atom stereocenters. The summed E-state index contributed by atoms with van der Waals surface area (Å²) < 4.78 is 13.4. The Morgan fingerprint density at radius 3 is 2.71 bits per heavy atom. The van der Waals surface area contributed by atoms with Gasteiger partial charge in [0.1, 0.15) is 5.82 Å². The summed E-state index contributed by atoms with van der Waals surface area (Å²) in [6, 6.07) is 14.4. The first-order chi connectivity index (χ1) is 10.1. The van der Waals surface area contributed by atoms with Crippen molar-refractivity contribution < 1.29 is 9.18 Å². The average Bonchev–Trinajstić information content (AvgIpc) is 2.46. The third-order valence-electron chi connectivity index (χ3n) is 3.09. The third-order valence-corrected chi connectivity index (χ3v) is 3.09. The van der Waals surface area contributed by atoms with E-state index in [0.29, 0.717) is 19.5 Å². The molecule has 0 spiro atoms. The van der Waals surface area contributed by atoms with Gasteiger partial charge in [0.25, 0.3) is 0 Å². The summed E-state index contributed by atoms with van der Waals surface area (Å²) in [6.07, 6.45) is 0.306. The predicted octanol–water partition coefficient (Wildman–Crippen LogP) is 3.25. The second-order valence-corrected chi connectivity index (χ2v) is 4.94. The van der Waals surface area contributed by atoms with Crippen molar-refractivity contribution in [2.75, 3.05) is 11.9 Å². The molecule has 0 saturated carbocycles. The second-order valence-electron chi connectivity index (χ2n) is 4.94. The molecule has 3 nitrogen and oxygen atoms in total. The van der Waals surface area contributed by atoms with Crippen LogP contribution in [0.15, 0.2) is 48.5 Å². The number of carbonyl (C=O) groups excluding carboxylic acids is 1. The minimum atomic E-state index is -0.418. The number of carbonyl (C=O) groups is 1. The number of nitrogens with one attached hydrogen (secondary N) is 2. The third kappa shape index (κ3) is 5.00. The van der Waals surface area contributed by atoms with Gasteiger partial charge in [-0.05, 0) is 24.6 Å². The number of aryl methyl sites for hydroxylation is 1. The molecule has 110 valence electrons. The van der Waals surface area contributed by atoms with Crippen LogP contribution >= 0.6 is 0 Å². The van der Waals surface area contributed by atoms with Crippen molar-refractivity contribution in [1.29, 1.82) is 0 Å². The molecule has 0 bridgehead atoms. The van der Waals surface area contributed by atoms with Crippen molar-refractivity contribution in [3.8, 4) is 0 Å². The van der Waals surface area contributed by atoms with Crippen LogP contribution in [0, 0.1) is 12.7 Å². The summed E-state index contributed by atoms with van der Waals surface area (Å²) >= 11 is 0. The largest absolute Gasteiger partial charge is 0.324 e. The van der Waals surface area contributed by atoms with Crippen molar-refractivity contribution in [3.05, 3.63) is 65.5 Å². The van der Waals surface area contributed by atoms with Crippen molar-refractivity contribution in [1.82, 2.24) is 5.32 Å². The van der Waals surface area contributed by atoms with Crippen LogP contribution in [-0.4, -0.2) is 12.5 Å². The molecule has 0 aliphatic heterocycles. The van der Waals surface area contributed by atoms with Crippen LogP contribution in [-0.2, 0) is 11.3 Å². The van der Waals surface area contributed by atoms with E-state index in [1.165, 1.54) is 17.2 Å². The fourth-order valence-electron chi connectivity index (χ4n) is 2.03. The Balaban J connectivity index is 1.71. The molecule has 0 aliphatic rings. The number of rotatable bonds is 6. The Morgan fingerprint density at radius 1 is 1.14 bits per heavy atom. The highest BCUT2D eigenvalue weighted by Crippen LogP contribution is 2.12. The van der Waals surface area contributed by atoms with Crippen molar-refractivity contribution in [2.45, 2.75) is 19.9 Å². The van der Waals surface area contributed by atoms with Crippen LogP contribution in [0.25, 0.3) is 0 Å². The number of hydrogen-bond donors (Lipinski definition) is 2. The Kier molecular flexibility index (Phi) is 5.46. The summed E-state index contributed by atoms with van der Waals surface area (Å²) in [5, 5.41) is 5.77. The molecular formula is C17H19FN2O. The number of amides is 1. The monoisotopic (exact) mass is 286 g/mol. The summed E-state index contributed by atoms with van der Waals surface area (Å²) in [5.74, 6) is -0.615. The summed E-state index contributed by atoms with van der Waals surface area (Å²) in [4.78, 5) is 11.7. The molecule has 0 atom stereocenters. The summed E-state index contributed by atoms with van der Waals surface area (Å²) in [6.45, 7) is 3.31. The lowest BCUT2D eigenvalue weighted by Crippen LogP contribution is -2.21. The SMILES string of the molecule is Cc1cccc(CNCCC(=O)Nc2ccccc2F)c1. The van der Waals surface area contributed by atoms with E-state index in [-0.39, 0.29) is 11.6 Å². The molecule has 2 N–H and O–H groups in total. The number of anilines is 1. The molecule has 2 rings (SSSR count). The Morgan fingerprint density at radius 2 is 1.95 bits per heavy atom. The number of para-hydroxylation sites is 1. The predicted molar refractivity (Wildman–Crippen MR) is 82.5 cm³/mol. The van der Waals surface area contributed by atoms with E-state index in [1.54, 1.807) is 18.2 Å². The lowest BCUT2D eigenvalue weighted by molar-refractivity contribution is -0.116. The molecular weight excluding hydrogens is 267 g/mol. The number of benzene rings is 2. The second kappa shape index (κ2) is 7.55. The zero-order valence-corrected chi connectivity index (χ0v) is 12.0. The highest BCUT2D eigenvalue weighted by Gasteiger charge is 2.05. The van der Waals surface area contributed by atoms with E-state index < -0.39 is 5.82 Å². The topological polar surface area (TPSA) is 41.1 Å². The van der Waals surface area contributed by atoms with Crippen molar-refractivity contribution in [3.63, 3.8) is 0 Å². The molecule has 0 saturated heterocycles. The number of hydrogen-bond acceptors (Lipinski definition) is 2. The maximum atomic E-state index is 13.4. The van der Waals surface area contributed by atoms with Gasteiger partial charge in [-0.1, -0.05) is 42.0 Å². The maximum absolute atomic E-state index is 13.4. The van der Waals surface area contributed by atoms with Crippen LogP contribution in [0.1, 0.15) is 17.5 Å². The van der Waals surface area contributed by atoms with Gasteiger partial charge in [0, 0.05) is 19.5 Å². The first kappa shape index (κ1) is 15.2. The highest BCUT2D eigenvalue weighted by atomic mass is 19.1. The van der Waals surface area contributed by atoms with Gasteiger partial charge >= 0.3 is 0 Å². The van der Waals surface area contributed by atoms with E-state index >= 15 is 0 Å². The Bertz CT molecular complexity index is 613. The molecule has 21 heavy (non-hydrogen) atoms. The van der Waals surface area contributed by atoms with Gasteiger partial charge in [0.05, 0.1) is 5.69 Å². The highest BCUT2D eigenvalue weighted by molar-refractivity contribution is 5.90. The lowest BCUT2D eigenvalue weighted by Gasteiger charge is -2.07. The van der Waals surface area contributed by atoms with Gasteiger partial charge in [0.15, 0.2) is 0 Å². The van der Waals surface area contributed by atoms with Gasteiger partial charge in [-0.15, -0.1) is 0 Å². The van der Waals surface area contributed by atoms with Crippen molar-refractivity contribution >= 4 is 11.6 Å². The zero-order valence-electron chi connectivity index (χ0n) is 12.0. The molecule has 4 heteroatoms. The standard InChI is InChI=1S/C17H19FN2O/c1-13-5-4-6-14(11-13)12-19-10-9-17(21)20-16-8-3-2-7-15(16)18/h2-8,11,19H,9-10,12H2,1H3,(H,20,21). The van der Waals surface area contributed by atoms with Crippen LogP contribution in [0.5, 0.6) is 0 Å². The van der Waals surface area contributed by atoms with Gasteiger partial charge in [-0.25, -0.2) is 4.39 Å². The summed E-state index contributed by atoms with van der Waals surface area (Å²) in [5.41, 5.74) is 2.62. The minimum absolute atomic E-state index is 0.197. The Labute approximate surface area is 124 Å². The van der Waals surface area contributed by atoms with Gasteiger partial charge in [-0.3, -0.25) is 4.79 Å². The average molecular weight is 286 g/mol. The quantitative estimate of drug-likeness (QED) is 0.800. The zero-order chi connectivity index (χ0) is 15.1. The van der Waals surface area contributed by atoms with E-state index in [4.69, 9.17) is 0 Å². The molecule has 0 aromatic heterocycles. The smallest absolute Gasteiger partial charge is 0.225 e. The maximum Gasteiger partial charge on any atom is 0.225 e. The minimum Gasteiger partial charge on any atom is -0.324 e. The van der Waals surface area contributed by atoms with Crippen LogP contribution in [0.3, 0.4) is 0 Å². The molecule has 2 aromatic carbocycles. The fourth-order valence-corrected chi connectivity index (χ4v) is 2.03. The normalized spacial score (nSPS) is 10.4. The first-order valence-electron chi connectivity index (χ1n) is 6.96. The van der Waals surface area contributed by atoms with Crippen LogP contribution in [0.2, 0.25) is 0 Å². The molecule has 0 radical (unpaired) electrons. The van der Waals surface area contributed by atoms with Crippen molar-refractivity contribution in [2.24, 2.45) is 0 Å². The van der Waals surface area contributed by atoms with E-state index in [2.05, 4.69) is 16.7 Å². The lowest BCUT2D eigenvalue weighted by atomic mass is 10.1.